The number of rotatable bonds is 5. The number of methoxy groups -OCH3 is 1. The third-order valence-electron chi connectivity index (χ3n) is 4.21. The summed E-state index contributed by atoms with van der Waals surface area (Å²) in [5.41, 5.74) is 2.70. The predicted molar refractivity (Wildman–Crippen MR) is 91.7 cm³/mol. The summed E-state index contributed by atoms with van der Waals surface area (Å²) in [7, 11) is 1.65. The van der Waals surface area contributed by atoms with Crippen molar-refractivity contribution in [3.8, 4) is 5.75 Å². The van der Waals surface area contributed by atoms with Crippen LogP contribution in [0, 0.1) is 0 Å². The Kier molecular flexibility index (Phi) is 4.51. The van der Waals surface area contributed by atoms with Crippen LogP contribution < -0.4 is 10.1 Å². The van der Waals surface area contributed by atoms with E-state index >= 15 is 0 Å². The first-order valence-electron chi connectivity index (χ1n) is 8.05. The van der Waals surface area contributed by atoms with Crippen molar-refractivity contribution in [2.75, 3.05) is 19.0 Å². The van der Waals surface area contributed by atoms with Gasteiger partial charge in [-0.3, -0.25) is 4.79 Å². The highest BCUT2D eigenvalue weighted by molar-refractivity contribution is 6.01. The molecule has 1 aliphatic rings. The largest absolute Gasteiger partial charge is 0.497 e. The summed E-state index contributed by atoms with van der Waals surface area (Å²) in [5, 5.41) is 3.50. The van der Waals surface area contributed by atoms with Crippen LogP contribution >= 0.6 is 0 Å². The first-order chi connectivity index (χ1) is 11.2. The number of fused-ring (bicyclic) bond motifs is 1. The van der Waals surface area contributed by atoms with Gasteiger partial charge in [0.05, 0.1) is 12.7 Å². The van der Waals surface area contributed by atoms with Crippen LogP contribution in [0.3, 0.4) is 0 Å². The molecule has 120 valence electrons. The molecule has 2 aromatic rings. The molecular formula is C19H22N2O2. The Morgan fingerprint density at radius 3 is 2.57 bits per heavy atom. The summed E-state index contributed by atoms with van der Waals surface area (Å²) in [6.45, 7) is 2.88. The first-order valence-corrected chi connectivity index (χ1v) is 8.05. The highest BCUT2D eigenvalue weighted by Gasteiger charge is 2.32. The van der Waals surface area contributed by atoms with E-state index in [-0.39, 0.29) is 12.1 Å². The van der Waals surface area contributed by atoms with Gasteiger partial charge >= 0.3 is 0 Å². The van der Waals surface area contributed by atoms with E-state index in [2.05, 4.69) is 12.2 Å². The number of carbonyl (C=O) groups is 1. The molecule has 4 nitrogen and oxygen atoms in total. The van der Waals surface area contributed by atoms with Crippen molar-refractivity contribution in [2.45, 2.75) is 25.9 Å². The molecule has 0 fully saturated rings. The Morgan fingerprint density at radius 2 is 1.87 bits per heavy atom. The van der Waals surface area contributed by atoms with Gasteiger partial charge in [-0.25, -0.2) is 0 Å². The minimum absolute atomic E-state index is 0.0913. The van der Waals surface area contributed by atoms with Crippen LogP contribution in [-0.2, 0) is 0 Å². The highest BCUT2D eigenvalue weighted by atomic mass is 16.5. The van der Waals surface area contributed by atoms with Gasteiger partial charge < -0.3 is 15.0 Å². The Labute approximate surface area is 137 Å². The van der Waals surface area contributed by atoms with E-state index in [0.717, 1.165) is 42.0 Å². The summed E-state index contributed by atoms with van der Waals surface area (Å²) in [4.78, 5) is 14.8. The summed E-state index contributed by atoms with van der Waals surface area (Å²) >= 11 is 0. The predicted octanol–water partition coefficient (Wildman–Crippen LogP) is 4.06. The van der Waals surface area contributed by atoms with Crippen molar-refractivity contribution < 1.29 is 9.53 Å². The van der Waals surface area contributed by atoms with Crippen LogP contribution in [0.5, 0.6) is 5.75 Å². The fourth-order valence-electron chi connectivity index (χ4n) is 2.90. The lowest BCUT2D eigenvalue weighted by Crippen LogP contribution is -2.43. The molecule has 0 saturated heterocycles. The number of anilines is 1. The second-order valence-corrected chi connectivity index (χ2v) is 5.72. The Hall–Kier alpha value is -2.49. The maximum absolute atomic E-state index is 12.9. The Morgan fingerprint density at radius 1 is 1.13 bits per heavy atom. The fraction of sp³-hybridized carbons (Fsp3) is 0.316. The van der Waals surface area contributed by atoms with Crippen molar-refractivity contribution in [1.29, 1.82) is 0 Å². The maximum atomic E-state index is 12.9. The third-order valence-corrected chi connectivity index (χ3v) is 4.21. The zero-order valence-electron chi connectivity index (χ0n) is 13.6. The normalized spacial score (nSPS) is 16.7. The van der Waals surface area contributed by atoms with Crippen LogP contribution in [0.4, 0.5) is 5.69 Å². The van der Waals surface area contributed by atoms with Crippen molar-refractivity contribution in [1.82, 2.24) is 4.90 Å². The van der Waals surface area contributed by atoms with Crippen molar-refractivity contribution in [2.24, 2.45) is 0 Å². The Balaban J connectivity index is 1.96. The standard InChI is InChI=1S/C19H22N2O2/c1-3-4-13-21-18(14-9-11-15(23-2)12-10-14)20-17-8-6-5-7-16(17)19(21)22/h5-12,18,20H,3-4,13H2,1-2H3. The van der Waals surface area contributed by atoms with E-state index < -0.39 is 0 Å². The summed E-state index contributed by atoms with van der Waals surface area (Å²) in [5.74, 6) is 0.907. The van der Waals surface area contributed by atoms with E-state index in [4.69, 9.17) is 4.74 Å². The number of para-hydroxylation sites is 1. The molecule has 0 bridgehead atoms. The molecule has 0 spiro atoms. The molecule has 3 rings (SSSR count). The molecule has 2 aromatic carbocycles. The van der Waals surface area contributed by atoms with Gasteiger partial charge in [0.1, 0.15) is 11.9 Å². The van der Waals surface area contributed by atoms with Gasteiger partial charge in [-0.15, -0.1) is 0 Å². The lowest BCUT2D eigenvalue weighted by Gasteiger charge is -2.38. The molecule has 1 heterocycles. The first kappa shape index (κ1) is 15.4. The van der Waals surface area contributed by atoms with Crippen LogP contribution in [0.25, 0.3) is 0 Å². The van der Waals surface area contributed by atoms with Crippen molar-refractivity contribution in [3.05, 3.63) is 59.7 Å². The molecule has 4 heteroatoms. The van der Waals surface area contributed by atoms with E-state index in [9.17, 15) is 4.79 Å². The zero-order chi connectivity index (χ0) is 16.2. The molecule has 1 unspecified atom stereocenters. The molecule has 1 N–H and O–H groups in total. The number of hydrogen-bond acceptors (Lipinski definition) is 3. The maximum Gasteiger partial charge on any atom is 0.257 e. The van der Waals surface area contributed by atoms with Crippen LogP contribution in [0.15, 0.2) is 48.5 Å². The number of nitrogens with one attached hydrogen (secondary N) is 1. The van der Waals surface area contributed by atoms with Gasteiger partial charge in [0.2, 0.25) is 0 Å². The van der Waals surface area contributed by atoms with E-state index in [1.54, 1.807) is 7.11 Å². The van der Waals surface area contributed by atoms with E-state index in [1.165, 1.54) is 0 Å². The average Bonchev–Trinajstić information content (AvgIpc) is 2.61. The second kappa shape index (κ2) is 6.73. The van der Waals surface area contributed by atoms with E-state index in [1.807, 2.05) is 53.4 Å². The molecule has 0 radical (unpaired) electrons. The lowest BCUT2D eigenvalue weighted by atomic mass is 10.0. The van der Waals surface area contributed by atoms with Gasteiger partial charge in [0.15, 0.2) is 0 Å². The van der Waals surface area contributed by atoms with Gasteiger partial charge in [-0.1, -0.05) is 37.6 Å². The van der Waals surface area contributed by atoms with Crippen molar-refractivity contribution in [3.63, 3.8) is 0 Å². The molecule has 1 amide bonds. The minimum atomic E-state index is -0.144. The third kappa shape index (κ3) is 3.02. The number of ether oxygens (including phenoxy) is 1. The van der Waals surface area contributed by atoms with Gasteiger partial charge in [-0.05, 0) is 36.2 Å². The molecular weight excluding hydrogens is 288 g/mol. The molecule has 0 saturated carbocycles. The molecule has 0 aliphatic carbocycles. The minimum Gasteiger partial charge on any atom is -0.497 e. The molecule has 0 aromatic heterocycles. The smallest absolute Gasteiger partial charge is 0.257 e. The molecule has 1 aliphatic heterocycles. The Bertz CT molecular complexity index is 682. The summed E-state index contributed by atoms with van der Waals surface area (Å²) in [6, 6.07) is 15.6. The molecule has 1 atom stereocenters. The number of amides is 1. The number of unbranched alkanes of at least 4 members (excludes halogenated alkanes) is 1. The SMILES string of the molecule is CCCCN1C(=O)c2ccccc2NC1c1ccc(OC)cc1. The van der Waals surface area contributed by atoms with Crippen molar-refractivity contribution >= 4 is 11.6 Å². The van der Waals surface area contributed by atoms with E-state index in [0.29, 0.717) is 0 Å². The number of nitrogens with zero attached hydrogens (tertiary/aromatic N) is 1. The fourth-order valence-corrected chi connectivity index (χ4v) is 2.90. The van der Waals surface area contributed by atoms with Gasteiger partial charge in [-0.2, -0.15) is 0 Å². The average molecular weight is 310 g/mol. The summed E-state index contributed by atoms with van der Waals surface area (Å²) < 4.78 is 5.22. The topological polar surface area (TPSA) is 41.6 Å². The van der Waals surface area contributed by atoms with Gasteiger partial charge in [0.25, 0.3) is 5.91 Å². The number of carbonyl (C=O) groups excluding carboxylic acids is 1. The second-order valence-electron chi connectivity index (χ2n) is 5.72. The highest BCUT2D eigenvalue weighted by Crippen LogP contribution is 2.33. The number of benzene rings is 2. The number of hydrogen-bond donors (Lipinski definition) is 1. The van der Waals surface area contributed by atoms with Crippen LogP contribution in [0.2, 0.25) is 0 Å². The monoisotopic (exact) mass is 310 g/mol. The lowest BCUT2D eigenvalue weighted by molar-refractivity contribution is 0.0680. The molecule has 23 heavy (non-hydrogen) atoms. The zero-order valence-corrected chi connectivity index (χ0v) is 13.6. The summed E-state index contributed by atoms with van der Waals surface area (Å²) in [6.07, 6.45) is 1.90. The van der Waals surface area contributed by atoms with Gasteiger partial charge in [0, 0.05) is 12.2 Å². The quantitative estimate of drug-likeness (QED) is 0.905. The van der Waals surface area contributed by atoms with Crippen LogP contribution in [0.1, 0.15) is 41.9 Å². The van der Waals surface area contributed by atoms with Crippen LogP contribution in [-0.4, -0.2) is 24.5 Å².